The molecule has 0 aliphatic carbocycles. The maximum atomic E-state index is 13.2. The van der Waals surface area contributed by atoms with Crippen LogP contribution in [0.5, 0.6) is 0 Å². The van der Waals surface area contributed by atoms with Crippen molar-refractivity contribution >= 4 is 17.3 Å². The molecule has 4 nitrogen and oxygen atoms in total. The van der Waals surface area contributed by atoms with Gasteiger partial charge in [0.2, 0.25) is 5.82 Å². The summed E-state index contributed by atoms with van der Waals surface area (Å²) < 4.78 is 51.4. The summed E-state index contributed by atoms with van der Waals surface area (Å²) in [5.74, 6) is -1.84. The molecular weight excluding hydrogens is 288 g/mol. The van der Waals surface area contributed by atoms with Crippen LogP contribution in [0.4, 0.5) is 34.9 Å². The van der Waals surface area contributed by atoms with Crippen LogP contribution in [0.15, 0.2) is 24.3 Å². The number of hydrogen-bond acceptors (Lipinski definition) is 4. The van der Waals surface area contributed by atoms with Crippen LogP contribution in [-0.2, 0) is 6.18 Å². The van der Waals surface area contributed by atoms with Gasteiger partial charge < -0.3 is 10.6 Å². The van der Waals surface area contributed by atoms with Crippen molar-refractivity contribution in [2.24, 2.45) is 0 Å². The Morgan fingerprint density at radius 2 is 1.71 bits per heavy atom. The SMILES string of the molecule is CNc1cc(Nc2cc(F)ccc2C)nc(C(F)(F)F)n1. The van der Waals surface area contributed by atoms with E-state index in [1.54, 1.807) is 6.92 Å². The highest BCUT2D eigenvalue weighted by Crippen LogP contribution is 2.29. The lowest BCUT2D eigenvalue weighted by atomic mass is 10.2. The molecule has 112 valence electrons. The van der Waals surface area contributed by atoms with Crippen LogP contribution in [-0.4, -0.2) is 17.0 Å². The molecule has 0 aliphatic heterocycles. The summed E-state index contributed by atoms with van der Waals surface area (Å²) in [5.41, 5.74) is 1.01. The highest BCUT2D eigenvalue weighted by Gasteiger charge is 2.35. The summed E-state index contributed by atoms with van der Waals surface area (Å²) in [6.07, 6.45) is -4.67. The van der Waals surface area contributed by atoms with E-state index >= 15 is 0 Å². The van der Waals surface area contributed by atoms with Gasteiger partial charge in [-0.2, -0.15) is 13.2 Å². The molecule has 0 amide bonds. The molecule has 0 radical (unpaired) electrons. The summed E-state index contributed by atoms with van der Waals surface area (Å²) in [4.78, 5) is 6.75. The topological polar surface area (TPSA) is 49.8 Å². The van der Waals surface area contributed by atoms with E-state index in [-0.39, 0.29) is 11.6 Å². The maximum absolute atomic E-state index is 13.2. The van der Waals surface area contributed by atoms with Gasteiger partial charge in [0.25, 0.3) is 0 Å². The Hall–Kier alpha value is -2.38. The lowest BCUT2D eigenvalue weighted by Gasteiger charge is -2.12. The van der Waals surface area contributed by atoms with Gasteiger partial charge in [0, 0.05) is 18.8 Å². The lowest BCUT2D eigenvalue weighted by Crippen LogP contribution is -2.13. The first-order valence-electron chi connectivity index (χ1n) is 5.97. The Bertz CT molecular complexity index is 655. The molecule has 8 heteroatoms. The number of nitrogens with zero attached hydrogens (tertiary/aromatic N) is 2. The zero-order chi connectivity index (χ0) is 15.6. The Labute approximate surface area is 118 Å². The predicted octanol–water partition coefficient (Wildman–Crippen LogP) is 3.73. The number of rotatable bonds is 3. The van der Waals surface area contributed by atoms with Gasteiger partial charge in [-0.25, -0.2) is 14.4 Å². The first-order valence-corrected chi connectivity index (χ1v) is 5.97. The molecule has 0 unspecified atom stereocenters. The van der Waals surface area contributed by atoms with Gasteiger partial charge in [-0.3, -0.25) is 0 Å². The summed E-state index contributed by atoms with van der Waals surface area (Å²) in [6, 6.07) is 5.27. The normalized spacial score (nSPS) is 11.3. The average Bonchev–Trinajstić information content (AvgIpc) is 2.41. The fourth-order valence-corrected chi connectivity index (χ4v) is 1.63. The van der Waals surface area contributed by atoms with E-state index in [1.165, 1.54) is 31.3 Å². The van der Waals surface area contributed by atoms with E-state index in [0.29, 0.717) is 11.3 Å². The Morgan fingerprint density at radius 3 is 2.33 bits per heavy atom. The van der Waals surface area contributed by atoms with E-state index in [0.717, 1.165) is 0 Å². The molecule has 1 heterocycles. The fraction of sp³-hybridized carbons (Fsp3) is 0.231. The quantitative estimate of drug-likeness (QED) is 0.848. The van der Waals surface area contributed by atoms with Crippen LogP contribution < -0.4 is 10.6 Å². The molecule has 21 heavy (non-hydrogen) atoms. The number of nitrogens with one attached hydrogen (secondary N) is 2. The molecule has 2 aromatic rings. The molecule has 0 saturated carbocycles. The van der Waals surface area contributed by atoms with Gasteiger partial charge in [-0.15, -0.1) is 0 Å². The number of halogens is 4. The van der Waals surface area contributed by atoms with Gasteiger partial charge >= 0.3 is 6.18 Å². The average molecular weight is 300 g/mol. The van der Waals surface area contributed by atoms with E-state index in [1.807, 2.05) is 0 Å². The first kappa shape index (κ1) is 15.0. The van der Waals surface area contributed by atoms with Crippen LogP contribution in [0.2, 0.25) is 0 Å². The summed E-state index contributed by atoms with van der Waals surface area (Å²) >= 11 is 0. The highest BCUT2D eigenvalue weighted by atomic mass is 19.4. The molecule has 0 fully saturated rings. The van der Waals surface area contributed by atoms with E-state index in [9.17, 15) is 17.6 Å². The predicted molar refractivity (Wildman–Crippen MR) is 71.0 cm³/mol. The molecule has 1 aromatic heterocycles. The Balaban J connectivity index is 2.42. The summed E-state index contributed by atoms with van der Waals surface area (Å²) in [5, 5.41) is 5.20. The van der Waals surface area contributed by atoms with Crippen molar-refractivity contribution in [1.82, 2.24) is 9.97 Å². The van der Waals surface area contributed by atoms with Crippen LogP contribution in [0.3, 0.4) is 0 Å². The van der Waals surface area contributed by atoms with Crippen molar-refractivity contribution in [3.63, 3.8) is 0 Å². The molecule has 0 aliphatic rings. The van der Waals surface area contributed by atoms with Crippen molar-refractivity contribution in [2.45, 2.75) is 13.1 Å². The number of hydrogen-bond donors (Lipinski definition) is 2. The number of benzene rings is 1. The monoisotopic (exact) mass is 300 g/mol. The second kappa shape index (κ2) is 5.55. The van der Waals surface area contributed by atoms with E-state index in [2.05, 4.69) is 20.6 Å². The molecule has 1 aromatic carbocycles. The zero-order valence-corrected chi connectivity index (χ0v) is 11.2. The van der Waals surface area contributed by atoms with Crippen molar-refractivity contribution in [1.29, 1.82) is 0 Å². The largest absolute Gasteiger partial charge is 0.451 e. The summed E-state index contributed by atoms with van der Waals surface area (Å²) in [7, 11) is 1.44. The fourth-order valence-electron chi connectivity index (χ4n) is 1.63. The van der Waals surface area contributed by atoms with Crippen molar-refractivity contribution in [3.8, 4) is 0 Å². The molecule has 0 bridgehead atoms. The molecule has 2 N–H and O–H groups in total. The number of aryl methyl sites for hydroxylation is 1. The van der Waals surface area contributed by atoms with E-state index < -0.39 is 17.8 Å². The van der Waals surface area contributed by atoms with Crippen molar-refractivity contribution in [2.75, 3.05) is 17.7 Å². The van der Waals surface area contributed by atoms with Gasteiger partial charge in [-0.1, -0.05) is 6.07 Å². The molecule has 0 atom stereocenters. The third kappa shape index (κ3) is 3.59. The number of aromatic nitrogens is 2. The van der Waals surface area contributed by atoms with E-state index in [4.69, 9.17) is 0 Å². The maximum Gasteiger partial charge on any atom is 0.451 e. The smallest absolute Gasteiger partial charge is 0.373 e. The molecule has 0 spiro atoms. The minimum Gasteiger partial charge on any atom is -0.373 e. The lowest BCUT2D eigenvalue weighted by molar-refractivity contribution is -0.144. The highest BCUT2D eigenvalue weighted by molar-refractivity contribution is 5.62. The van der Waals surface area contributed by atoms with Crippen LogP contribution in [0, 0.1) is 12.7 Å². The van der Waals surface area contributed by atoms with Gasteiger partial charge in [0.15, 0.2) is 0 Å². The van der Waals surface area contributed by atoms with Gasteiger partial charge in [0.1, 0.15) is 17.5 Å². The third-order valence-electron chi connectivity index (χ3n) is 2.70. The molecular formula is C13H12F4N4. The van der Waals surface area contributed by atoms with Crippen molar-refractivity contribution < 1.29 is 17.6 Å². The second-order valence-electron chi connectivity index (χ2n) is 4.29. The zero-order valence-electron chi connectivity index (χ0n) is 11.2. The third-order valence-corrected chi connectivity index (χ3v) is 2.70. The van der Waals surface area contributed by atoms with Crippen LogP contribution in [0.25, 0.3) is 0 Å². The first-order chi connectivity index (χ1) is 9.79. The molecule has 0 saturated heterocycles. The number of alkyl halides is 3. The summed E-state index contributed by atoms with van der Waals surface area (Å²) in [6.45, 7) is 1.70. The number of anilines is 3. The Morgan fingerprint density at radius 1 is 1.05 bits per heavy atom. The minimum absolute atomic E-state index is 0.00822. The standard InChI is InChI=1S/C13H12F4N4/c1-7-3-4-8(14)5-9(7)19-11-6-10(18-2)20-12(21-11)13(15,16)17/h3-6H,1-2H3,(H2,18,19,20,21). The molecule has 2 rings (SSSR count). The van der Waals surface area contributed by atoms with Crippen molar-refractivity contribution in [3.05, 3.63) is 41.5 Å². The van der Waals surface area contributed by atoms with Gasteiger partial charge in [-0.05, 0) is 24.6 Å². The van der Waals surface area contributed by atoms with Gasteiger partial charge in [0.05, 0.1) is 0 Å². The second-order valence-corrected chi connectivity index (χ2v) is 4.29. The minimum atomic E-state index is -4.67. The van der Waals surface area contributed by atoms with Crippen LogP contribution in [0.1, 0.15) is 11.4 Å². The van der Waals surface area contributed by atoms with Crippen LogP contribution >= 0.6 is 0 Å². The Kier molecular flexibility index (Phi) is 3.97.